The van der Waals surface area contributed by atoms with Gasteiger partial charge < -0.3 is 9.32 Å². The predicted molar refractivity (Wildman–Crippen MR) is 86.8 cm³/mol. The van der Waals surface area contributed by atoms with Crippen LogP contribution in [0.4, 0.5) is 0 Å². The number of amides is 1. The Balaban J connectivity index is 2.33. The normalized spacial score (nSPS) is 11.7. The van der Waals surface area contributed by atoms with Crippen molar-refractivity contribution in [2.75, 3.05) is 21.1 Å². The van der Waals surface area contributed by atoms with Crippen LogP contribution in [0.25, 0.3) is 0 Å². The topological polar surface area (TPSA) is 70.8 Å². The number of hydrogen-bond acceptors (Lipinski definition) is 4. The zero-order valence-electron chi connectivity index (χ0n) is 13.0. The van der Waals surface area contributed by atoms with Crippen LogP contribution in [0, 0.1) is 0 Å². The summed E-state index contributed by atoms with van der Waals surface area (Å²) in [5.41, 5.74) is 0.128. The fourth-order valence-corrected chi connectivity index (χ4v) is 3.08. The highest BCUT2D eigenvalue weighted by Gasteiger charge is 2.22. The predicted octanol–water partition coefficient (Wildman–Crippen LogP) is 2.46. The Morgan fingerprint density at radius 3 is 2.48 bits per heavy atom. The SMILES string of the molecule is CN(Cc1ccco1)C(=O)c1cc(S(=O)(=O)N(C)C)ccc1Cl. The molecule has 0 radical (unpaired) electrons. The fraction of sp³-hybridized carbons (Fsp3) is 0.267. The lowest BCUT2D eigenvalue weighted by atomic mass is 10.2. The van der Waals surface area contributed by atoms with Crippen molar-refractivity contribution >= 4 is 27.5 Å². The van der Waals surface area contributed by atoms with Crippen molar-refractivity contribution in [2.24, 2.45) is 0 Å². The first-order valence-electron chi connectivity index (χ1n) is 6.73. The lowest BCUT2D eigenvalue weighted by Crippen LogP contribution is -2.27. The molecule has 23 heavy (non-hydrogen) atoms. The number of carbonyl (C=O) groups excluding carboxylic acids is 1. The van der Waals surface area contributed by atoms with E-state index in [0.29, 0.717) is 5.76 Å². The average Bonchev–Trinajstić information content (AvgIpc) is 2.99. The highest BCUT2D eigenvalue weighted by Crippen LogP contribution is 2.23. The monoisotopic (exact) mass is 356 g/mol. The molecule has 0 spiro atoms. The van der Waals surface area contributed by atoms with E-state index in [1.54, 1.807) is 19.2 Å². The summed E-state index contributed by atoms with van der Waals surface area (Å²) in [6, 6.07) is 7.55. The van der Waals surface area contributed by atoms with E-state index in [1.165, 1.54) is 43.5 Å². The molecule has 124 valence electrons. The van der Waals surface area contributed by atoms with Crippen LogP contribution in [-0.2, 0) is 16.6 Å². The molecule has 0 atom stereocenters. The van der Waals surface area contributed by atoms with E-state index in [9.17, 15) is 13.2 Å². The van der Waals surface area contributed by atoms with Crippen LogP contribution in [0.1, 0.15) is 16.1 Å². The largest absolute Gasteiger partial charge is 0.467 e. The molecule has 0 aliphatic rings. The van der Waals surface area contributed by atoms with Gasteiger partial charge in [-0.15, -0.1) is 0 Å². The minimum Gasteiger partial charge on any atom is -0.467 e. The van der Waals surface area contributed by atoms with Gasteiger partial charge in [0.1, 0.15) is 5.76 Å². The lowest BCUT2D eigenvalue weighted by molar-refractivity contribution is 0.0775. The van der Waals surface area contributed by atoms with Gasteiger partial charge in [0.2, 0.25) is 10.0 Å². The Labute approximate surface area is 140 Å². The van der Waals surface area contributed by atoms with Gasteiger partial charge in [0, 0.05) is 21.1 Å². The Morgan fingerprint density at radius 1 is 1.22 bits per heavy atom. The van der Waals surface area contributed by atoms with Gasteiger partial charge in [-0.05, 0) is 30.3 Å². The summed E-state index contributed by atoms with van der Waals surface area (Å²) in [4.78, 5) is 14.0. The first-order chi connectivity index (χ1) is 10.7. The molecular formula is C15H17ClN2O4S. The van der Waals surface area contributed by atoms with Gasteiger partial charge >= 0.3 is 0 Å². The van der Waals surface area contributed by atoms with Crippen LogP contribution in [0.3, 0.4) is 0 Å². The van der Waals surface area contributed by atoms with Crippen LogP contribution < -0.4 is 0 Å². The Kier molecular flexibility index (Phi) is 5.13. The number of halogens is 1. The molecule has 1 amide bonds. The summed E-state index contributed by atoms with van der Waals surface area (Å²) in [6.07, 6.45) is 1.52. The van der Waals surface area contributed by atoms with Crippen LogP contribution >= 0.6 is 11.6 Å². The highest BCUT2D eigenvalue weighted by atomic mass is 35.5. The number of sulfonamides is 1. The molecule has 8 heteroatoms. The second-order valence-electron chi connectivity index (χ2n) is 5.17. The van der Waals surface area contributed by atoms with Crippen molar-refractivity contribution in [2.45, 2.75) is 11.4 Å². The molecule has 1 aromatic carbocycles. The summed E-state index contributed by atoms with van der Waals surface area (Å²) in [6.45, 7) is 0.257. The molecule has 0 aliphatic carbocycles. The van der Waals surface area contributed by atoms with E-state index in [1.807, 2.05) is 0 Å². The van der Waals surface area contributed by atoms with E-state index in [2.05, 4.69) is 0 Å². The summed E-state index contributed by atoms with van der Waals surface area (Å²) in [7, 11) is 0.802. The zero-order valence-corrected chi connectivity index (χ0v) is 14.6. The van der Waals surface area contributed by atoms with Crippen molar-refractivity contribution in [3.05, 3.63) is 52.9 Å². The Hall–Kier alpha value is -1.83. The van der Waals surface area contributed by atoms with Gasteiger partial charge in [-0.3, -0.25) is 4.79 Å². The molecule has 6 nitrogen and oxygen atoms in total. The third kappa shape index (κ3) is 3.74. The van der Waals surface area contributed by atoms with E-state index in [-0.39, 0.29) is 27.9 Å². The number of nitrogens with zero attached hydrogens (tertiary/aromatic N) is 2. The Bertz CT molecular complexity index is 801. The number of rotatable bonds is 5. The van der Waals surface area contributed by atoms with Gasteiger partial charge in [0.15, 0.2) is 0 Å². The van der Waals surface area contributed by atoms with Crippen molar-refractivity contribution in [1.29, 1.82) is 0 Å². The molecule has 2 rings (SSSR count). The van der Waals surface area contributed by atoms with Gasteiger partial charge in [-0.2, -0.15) is 0 Å². The molecule has 0 aliphatic heterocycles. The van der Waals surface area contributed by atoms with Crippen molar-refractivity contribution in [3.63, 3.8) is 0 Å². The fourth-order valence-electron chi connectivity index (χ4n) is 1.95. The average molecular weight is 357 g/mol. The molecule has 0 N–H and O–H groups in total. The standard InChI is InChI=1S/C15H17ClN2O4S/c1-17(2)23(20,21)12-6-7-14(16)13(9-12)15(19)18(3)10-11-5-4-8-22-11/h4-9H,10H2,1-3H3. The molecule has 0 bridgehead atoms. The molecule has 0 saturated carbocycles. The quantitative estimate of drug-likeness (QED) is 0.825. The van der Waals surface area contributed by atoms with Crippen LogP contribution in [0.2, 0.25) is 5.02 Å². The molecule has 0 unspecified atom stereocenters. The second-order valence-corrected chi connectivity index (χ2v) is 7.73. The third-order valence-electron chi connectivity index (χ3n) is 3.27. The minimum absolute atomic E-state index is 0.0154. The number of hydrogen-bond donors (Lipinski definition) is 0. The summed E-state index contributed by atoms with van der Waals surface area (Å²) >= 11 is 6.07. The molecule has 0 fully saturated rings. The maximum Gasteiger partial charge on any atom is 0.255 e. The van der Waals surface area contributed by atoms with Gasteiger partial charge in [-0.1, -0.05) is 11.6 Å². The van der Waals surface area contributed by atoms with Crippen LogP contribution in [0.5, 0.6) is 0 Å². The van der Waals surface area contributed by atoms with Crippen LogP contribution in [0.15, 0.2) is 45.9 Å². The van der Waals surface area contributed by atoms with Crippen molar-refractivity contribution in [3.8, 4) is 0 Å². The summed E-state index contributed by atoms with van der Waals surface area (Å²) < 4.78 is 30.7. The Morgan fingerprint density at radius 2 is 1.91 bits per heavy atom. The molecule has 2 aromatic rings. The maximum absolute atomic E-state index is 12.5. The lowest BCUT2D eigenvalue weighted by Gasteiger charge is -2.18. The minimum atomic E-state index is -3.64. The number of carbonyl (C=O) groups is 1. The second kappa shape index (κ2) is 6.74. The zero-order chi connectivity index (χ0) is 17.2. The van der Waals surface area contributed by atoms with E-state index < -0.39 is 10.0 Å². The van der Waals surface area contributed by atoms with Crippen LogP contribution in [-0.4, -0.2) is 44.7 Å². The van der Waals surface area contributed by atoms with E-state index in [0.717, 1.165) is 4.31 Å². The number of furan rings is 1. The molecule has 1 aromatic heterocycles. The smallest absolute Gasteiger partial charge is 0.255 e. The molecule has 1 heterocycles. The van der Waals surface area contributed by atoms with E-state index >= 15 is 0 Å². The van der Waals surface area contributed by atoms with E-state index in [4.69, 9.17) is 16.0 Å². The molecular weight excluding hydrogens is 340 g/mol. The first kappa shape index (κ1) is 17.5. The third-order valence-corrected chi connectivity index (χ3v) is 5.41. The van der Waals surface area contributed by atoms with Crippen molar-refractivity contribution in [1.82, 2.24) is 9.21 Å². The van der Waals surface area contributed by atoms with Gasteiger partial charge in [0.05, 0.1) is 28.3 Å². The van der Waals surface area contributed by atoms with Crippen molar-refractivity contribution < 1.29 is 17.6 Å². The van der Waals surface area contributed by atoms with Gasteiger partial charge in [0.25, 0.3) is 5.91 Å². The highest BCUT2D eigenvalue weighted by molar-refractivity contribution is 7.89. The van der Waals surface area contributed by atoms with Gasteiger partial charge in [-0.25, -0.2) is 12.7 Å². The first-order valence-corrected chi connectivity index (χ1v) is 8.55. The number of benzene rings is 1. The molecule has 0 saturated heterocycles. The summed E-state index contributed by atoms with van der Waals surface area (Å²) in [5, 5.41) is 0.194. The maximum atomic E-state index is 12.5. The summed E-state index contributed by atoms with van der Waals surface area (Å²) in [5.74, 6) is 0.233.